The second-order valence-electron chi connectivity index (χ2n) is 11.4. The number of rotatable bonds is 12. The predicted molar refractivity (Wildman–Crippen MR) is 155 cm³/mol. The molecule has 0 aliphatic carbocycles. The van der Waals surface area contributed by atoms with Crippen molar-refractivity contribution in [3.05, 3.63) is 53.9 Å². The van der Waals surface area contributed by atoms with Crippen molar-refractivity contribution in [3.63, 3.8) is 0 Å². The van der Waals surface area contributed by atoms with Gasteiger partial charge in [0, 0.05) is 52.0 Å². The Morgan fingerprint density at radius 2 is 1.84 bits per heavy atom. The Balaban J connectivity index is 1.30. The molecular weight excluding hydrogens is 558 g/mol. The third-order valence-electron chi connectivity index (χ3n) is 8.31. The van der Waals surface area contributed by atoms with Crippen LogP contribution in [0.25, 0.3) is 11.0 Å². The number of carbonyl (C=O) groups is 3. The number of likely N-dealkylation sites (tertiary alicyclic amines) is 2. The molecule has 2 aromatic heterocycles. The standard InChI is InChI=1S/C30H38F2N8O3/c1-38-25-6-4-21(15-24(25)36-37-38)17-35-29(42)26-16-22(14-20-8-10-33-11-9-20)19-40(26)30(43)23(34-18-27(31)32)5-7-28(41)39-12-2-3-13-39/h4,6,8-11,15,22-23,26-27,34H,2-3,5,7,12-14,16-19H2,1H3,(H,35,42)/t22-,23-,26+/m1/s1. The van der Waals surface area contributed by atoms with E-state index in [0.717, 1.165) is 29.5 Å². The number of fused-ring (bicyclic) bond motifs is 1. The molecule has 0 bridgehead atoms. The van der Waals surface area contributed by atoms with Crippen LogP contribution in [0.1, 0.15) is 43.2 Å². The third-order valence-corrected chi connectivity index (χ3v) is 8.31. The Hall–Kier alpha value is -4.00. The van der Waals surface area contributed by atoms with Crippen LogP contribution in [-0.4, -0.2) is 92.2 Å². The lowest BCUT2D eigenvalue weighted by Gasteiger charge is -2.29. The lowest BCUT2D eigenvalue weighted by molar-refractivity contribution is -0.140. The van der Waals surface area contributed by atoms with E-state index in [9.17, 15) is 23.2 Å². The van der Waals surface area contributed by atoms with Crippen LogP contribution in [0.2, 0.25) is 0 Å². The topological polar surface area (TPSA) is 125 Å². The average Bonchev–Trinajstić information content (AvgIpc) is 3.77. The Kier molecular flexibility index (Phi) is 9.90. The van der Waals surface area contributed by atoms with Crippen molar-refractivity contribution in [2.45, 2.75) is 63.6 Å². The SMILES string of the molecule is Cn1nnc2cc(CNC(=O)[C@@H]3C[C@@H](Cc4ccncc4)CN3C(=O)[C@@H](CCC(=O)N3CCCC3)NCC(F)F)ccc21. The van der Waals surface area contributed by atoms with Crippen LogP contribution >= 0.6 is 0 Å². The molecule has 43 heavy (non-hydrogen) atoms. The first-order chi connectivity index (χ1) is 20.8. The normalized spacial score (nSPS) is 19.3. The van der Waals surface area contributed by atoms with Gasteiger partial charge in [-0.3, -0.25) is 19.4 Å². The number of nitrogens with one attached hydrogen (secondary N) is 2. The van der Waals surface area contributed by atoms with Crippen molar-refractivity contribution in [3.8, 4) is 0 Å². The molecule has 4 heterocycles. The van der Waals surface area contributed by atoms with Crippen LogP contribution < -0.4 is 10.6 Å². The fraction of sp³-hybridized carbons (Fsp3) is 0.533. The van der Waals surface area contributed by atoms with E-state index >= 15 is 0 Å². The van der Waals surface area contributed by atoms with Crippen LogP contribution in [-0.2, 0) is 34.4 Å². The van der Waals surface area contributed by atoms with Crippen molar-refractivity contribution >= 4 is 28.8 Å². The Bertz CT molecular complexity index is 1410. The number of carbonyl (C=O) groups excluding carboxylic acids is 3. The maximum Gasteiger partial charge on any atom is 0.250 e. The van der Waals surface area contributed by atoms with Crippen LogP contribution in [0.3, 0.4) is 0 Å². The molecule has 0 unspecified atom stereocenters. The van der Waals surface area contributed by atoms with Crippen molar-refractivity contribution in [2.75, 3.05) is 26.2 Å². The zero-order valence-corrected chi connectivity index (χ0v) is 24.3. The van der Waals surface area contributed by atoms with E-state index in [1.54, 1.807) is 29.0 Å². The van der Waals surface area contributed by atoms with Gasteiger partial charge in [-0.15, -0.1) is 5.10 Å². The summed E-state index contributed by atoms with van der Waals surface area (Å²) in [4.78, 5) is 47.5. The molecule has 11 nitrogen and oxygen atoms in total. The summed E-state index contributed by atoms with van der Waals surface area (Å²) in [6, 6.07) is 7.65. The highest BCUT2D eigenvalue weighted by Crippen LogP contribution is 2.28. The Labute approximate surface area is 249 Å². The lowest BCUT2D eigenvalue weighted by Crippen LogP contribution is -2.53. The average molecular weight is 597 g/mol. The quantitative estimate of drug-likeness (QED) is 0.328. The zero-order valence-electron chi connectivity index (χ0n) is 24.3. The molecule has 2 N–H and O–H groups in total. The van der Waals surface area contributed by atoms with E-state index in [1.165, 1.54) is 4.90 Å². The number of halogens is 2. The molecule has 0 saturated carbocycles. The first kappa shape index (κ1) is 30.5. The van der Waals surface area contributed by atoms with E-state index in [0.29, 0.717) is 38.0 Å². The molecule has 13 heteroatoms. The molecule has 1 aromatic carbocycles. The minimum absolute atomic E-state index is 0.0139. The minimum atomic E-state index is -2.66. The van der Waals surface area contributed by atoms with Gasteiger partial charge in [-0.2, -0.15) is 0 Å². The highest BCUT2D eigenvalue weighted by Gasteiger charge is 2.41. The summed E-state index contributed by atoms with van der Waals surface area (Å²) in [6.45, 7) is 1.21. The monoisotopic (exact) mass is 596 g/mol. The number of hydrogen-bond donors (Lipinski definition) is 2. The molecule has 0 spiro atoms. The highest BCUT2D eigenvalue weighted by atomic mass is 19.3. The van der Waals surface area contributed by atoms with Gasteiger partial charge >= 0.3 is 0 Å². The smallest absolute Gasteiger partial charge is 0.250 e. The fourth-order valence-corrected chi connectivity index (χ4v) is 6.06. The molecule has 2 saturated heterocycles. The first-order valence-electron chi connectivity index (χ1n) is 14.8. The van der Waals surface area contributed by atoms with Gasteiger partial charge in [0.1, 0.15) is 11.6 Å². The summed E-state index contributed by atoms with van der Waals surface area (Å²) in [5, 5.41) is 13.8. The number of amides is 3. The summed E-state index contributed by atoms with van der Waals surface area (Å²) in [5.74, 6) is -0.848. The van der Waals surface area contributed by atoms with Gasteiger partial charge in [-0.25, -0.2) is 13.5 Å². The van der Waals surface area contributed by atoms with E-state index in [4.69, 9.17) is 0 Å². The highest BCUT2D eigenvalue weighted by molar-refractivity contribution is 5.91. The predicted octanol–water partition coefficient (Wildman–Crippen LogP) is 2.07. The molecule has 0 radical (unpaired) electrons. The number of hydrogen-bond acceptors (Lipinski definition) is 7. The number of benzene rings is 1. The van der Waals surface area contributed by atoms with Gasteiger partial charge in [-0.05, 0) is 73.4 Å². The van der Waals surface area contributed by atoms with E-state index in [-0.39, 0.29) is 37.1 Å². The van der Waals surface area contributed by atoms with Crippen molar-refractivity contribution < 1.29 is 23.2 Å². The van der Waals surface area contributed by atoms with Gasteiger partial charge in [-0.1, -0.05) is 11.3 Å². The molecule has 3 atom stereocenters. The van der Waals surface area contributed by atoms with Gasteiger partial charge in [0.05, 0.1) is 18.1 Å². The van der Waals surface area contributed by atoms with Crippen LogP contribution in [0.5, 0.6) is 0 Å². The summed E-state index contributed by atoms with van der Waals surface area (Å²) in [7, 11) is 1.80. The molecule has 3 aromatic rings. The molecule has 2 aliphatic rings. The lowest BCUT2D eigenvalue weighted by atomic mass is 9.97. The van der Waals surface area contributed by atoms with E-state index in [1.807, 2.05) is 30.3 Å². The third kappa shape index (κ3) is 7.70. The Morgan fingerprint density at radius 1 is 1.07 bits per heavy atom. The second kappa shape index (κ2) is 14.0. The van der Waals surface area contributed by atoms with Gasteiger partial charge in [0.2, 0.25) is 17.7 Å². The molecule has 3 amide bonds. The minimum Gasteiger partial charge on any atom is -0.350 e. The first-order valence-corrected chi connectivity index (χ1v) is 14.8. The summed E-state index contributed by atoms with van der Waals surface area (Å²) < 4.78 is 28.1. The molecule has 5 rings (SSSR count). The van der Waals surface area contributed by atoms with Crippen LogP contribution in [0.15, 0.2) is 42.7 Å². The molecule has 230 valence electrons. The van der Waals surface area contributed by atoms with Gasteiger partial charge in [0.25, 0.3) is 6.43 Å². The van der Waals surface area contributed by atoms with Crippen molar-refractivity contribution in [2.24, 2.45) is 13.0 Å². The number of aromatic nitrogens is 4. The number of nitrogens with zero attached hydrogens (tertiary/aromatic N) is 6. The van der Waals surface area contributed by atoms with Crippen molar-refractivity contribution in [1.82, 2.24) is 40.4 Å². The molecule has 2 aliphatic heterocycles. The second-order valence-corrected chi connectivity index (χ2v) is 11.4. The van der Waals surface area contributed by atoms with Gasteiger partial charge in [0.15, 0.2) is 0 Å². The Morgan fingerprint density at radius 3 is 2.58 bits per heavy atom. The van der Waals surface area contributed by atoms with Crippen LogP contribution in [0, 0.1) is 5.92 Å². The zero-order chi connectivity index (χ0) is 30.3. The maximum absolute atomic E-state index is 13.9. The summed E-state index contributed by atoms with van der Waals surface area (Å²) in [6.07, 6.45) is 3.84. The van der Waals surface area contributed by atoms with Gasteiger partial charge < -0.3 is 20.4 Å². The van der Waals surface area contributed by atoms with E-state index < -0.39 is 31.0 Å². The summed E-state index contributed by atoms with van der Waals surface area (Å²) >= 11 is 0. The largest absolute Gasteiger partial charge is 0.350 e. The molecule has 2 fully saturated rings. The van der Waals surface area contributed by atoms with Crippen LogP contribution in [0.4, 0.5) is 8.78 Å². The molecular formula is C30H38F2N8O3. The van der Waals surface area contributed by atoms with Crippen molar-refractivity contribution in [1.29, 1.82) is 0 Å². The number of aryl methyl sites for hydroxylation is 1. The summed E-state index contributed by atoms with van der Waals surface area (Å²) in [5.41, 5.74) is 3.45. The number of alkyl halides is 2. The maximum atomic E-state index is 13.9. The van der Waals surface area contributed by atoms with E-state index in [2.05, 4.69) is 25.9 Å². The fourth-order valence-electron chi connectivity index (χ4n) is 6.06. The number of pyridine rings is 1.